The lowest BCUT2D eigenvalue weighted by molar-refractivity contribution is -0.129. The van der Waals surface area contributed by atoms with E-state index in [-0.39, 0.29) is 11.3 Å². The number of rotatable bonds is 7. The summed E-state index contributed by atoms with van der Waals surface area (Å²) in [6, 6.07) is 8.13. The van der Waals surface area contributed by atoms with Crippen molar-refractivity contribution < 1.29 is 4.79 Å². The van der Waals surface area contributed by atoms with Crippen molar-refractivity contribution >= 4 is 11.6 Å². The molecule has 0 aromatic heterocycles. The van der Waals surface area contributed by atoms with Crippen molar-refractivity contribution in [1.29, 1.82) is 0 Å². The first kappa shape index (κ1) is 16.0. The predicted molar refractivity (Wildman–Crippen MR) is 87.0 cm³/mol. The molecule has 1 amide bonds. The molecule has 1 fully saturated rings. The Balaban J connectivity index is 2.02. The molecule has 1 aliphatic rings. The monoisotopic (exact) mass is 289 g/mol. The molecule has 0 bridgehead atoms. The fourth-order valence-electron chi connectivity index (χ4n) is 2.84. The Kier molecular flexibility index (Phi) is 5.37. The molecular formula is C17H27N3O. The SMILES string of the molecule is CCN(CC)Cc1cccc(NC(=O)C2(CN)CCC2)c1. The van der Waals surface area contributed by atoms with Gasteiger partial charge in [-0.15, -0.1) is 0 Å². The molecule has 1 aliphatic carbocycles. The molecule has 0 atom stereocenters. The van der Waals surface area contributed by atoms with Crippen LogP contribution in [-0.4, -0.2) is 30.4 Å². The molecule has 1 aromatic carbocycles. The molecular weight excluding hydrogens is 262 g/mol. The van der Waals surface area contributed by atoms with Crippen LogP contribution in [-0.2, 0) is 11.3 Å². The van der Waals surface area contributed by atoms with Gasteiger partial charge in [0.05, 0.1) is 5.41 Å². The summed E-state index contributed by atoms with van der Waals surface area (Å²) in [5.74, 6) is 0.0799. The van der Waals surface area contributed by atoms with Crippen LogP contribution in [0.25, 0.3) is 0 Å². The lowest BCUT2D eigenvalue weighted by atomic mass is 9.68. The lowest BCUT2D eigenvalue weighted by Crippen LogP contribution is -2.47. The summed E-state index contributed by atoms with van der Waals surface area (Å²) in [6.45, 7) is 7.75. The first-order chi connectivity index (χ1) is 10.1. The van der Waals surface area contributed by atoms with Crippen LogP contribution in [0.1, 0.15) is 38.7 Å². The summed E-state index contributed by atoms with van der Waals surface area (Å²) in [7, 11) is 0. The number of carbonyl (C=O) groups excluding carboxylic acids is 1. The minimum Gasteiger partial charge on any atom is -0.329 e. The molecule has 2 rings (SSSR count). The maximum Gasteiger partial charge on any atom is 0.231 e. The molecule has 116 valence electrons. The van der Waals surface area contributed by atoms with Gasteiger partial charge in [-0.05, 0) is 43.6 Å². The van der Waals surface area contributed by atoms with E-state index in [1.807, 2.05) is 12.1 Å². The maximum absolute atomic E-state index is 12.4. The van der Waals surface area contributed by atoms with Gasteiger partial charge in [-0.2, -0.15) is 0 Å². The molecule has 0 spiro atoms. The van der Waals surface area contributed by atoms with Crippen LogP contribution in [0.2, 0.25) is 0 Å². The van der Waals surface area contributed by atoms with Gasteiger partial charge >= 0.3 is 0 Å². The second-order valence-electron chi connectivity index (χ2n) is 5.95. The molecule has 3 N–H and O–H groups in total. The smallest absolute Gasteiger partial charge is 0.231 e. The van der Waals surface area contributed by atoms with Gasteiger partial charge in [-0.3, -0.25) is 9.69 Å². The van der Waals surface area contributed by atoms with Crippen LogP contribution in [0, 0.1) is 5.41 Å². The predicted octanol–water partition coefficient (Wildman–Crippen LogP) is 2.60. The lowest BCUT2D eigenvalue weighted by Gasteiger charge is -2.39. The zero-order chi connectivity index (χ0) is 15.3. The first-order valence-electron chi connectivity index (χ1n) is 7.96. The third-order valence-electron chi connectivity index (χ3n) is 4.67. The highest BCUT2D eigenvalue weighted by molar-refractivity contribution is 5.96. The number of benzene rings is 1. The van der Waals surface area contributed by atoms with E-state index in [9.17, 15) is 4.79 Å². The molecule has 0 heterocycles. The highest BCUT2D eigenvalue weighted by Crippen LogP contribution is 2.40. The summed E-state index contributed by atoms with van der Waals surface area (Å²) in [5, 5.41) is 3.05. The van der Waals surface area contributed by atoms with Gasteiger partial charge in [-0.1, -0.05) is 32.4 Å². The molecule has 0 unspecified atom stereocenters. The Morgan fingerprint density at radius 3 is 2.57 bits per heavy atom. The average Bonchev–Trinajstić information content (AvgIpc) is 2.44. The van der Waals surface area contributed by atoms with Crippen molar-refractivity contribution in [2.24, 2.45) is 11.1 Å². The van der Waals surface area contributed by atoms with Crippen LogP contribution in [0.4, 0.5) is 5.69 Å². The van der Waals surface area contributed by atoms with E-state index >= 15 is 0 Å². The van der Waals surface area contributed by atoms with Gasteiger partial charge in [0.1, 0.15) is 0 Å². The average molecular weight is 289 g/mol. The van der Waals surface area contributed by atoms with E-state index in [1.54, 1.807) is 0 Å². The molecule has 0 radical (unpaired) electrons. The zero-order valence-electron chi connectivity index (χ0n) is 13.2. The number of nitrogens with zero attached hydrogens (tertiary/aromatic N) is 1. The van der Waals surface area contributed by atoms with Crippen LogP contribution in [0.15, 0.2) is 24.3 Å². The molecule has 4 heteroatoms. The third kappa shape index (κ3) is 3.63. The van der Waals surface area contributed by atoms with Gasteiger partial charge in [0.25, 0.3) is 0 Å². The third-order valence-corrected chi connectivity index (χ3v) is 4.67. The van der Waals surface area contributed by atoms with E-state index in [4.69, 9.17) is 5.73 Å². The normalized spacial score (nSPS) is 16.6. The number of hydrogen-bond acceptors (Lipinski definition) is 3. The van der Waals surface area contributed by atoms with Gasteiger partial charge in [0.15, 0.2) is 0 Å². The molecule has 1 aromatic rings. The van der Waals surface area contributed by atoms with Crippen molar-refractivity contribution in [1.82, 2.24) is 4.90 Å². The number of anilines is 1. The fourth-order valence-corrected chi connectivity index (χ4v) is 2.84. The van der Waals surface area contributed by atoms with Gasteiger partial charge in [-0.25, -0.2) is 0 Å². The number of nitrogens with two attached hydrogens (primary N) is 1. The largest absolute Gasteiger partial charge is 0.329 e. The number of nitrogens with one attached hydrogen (secondary N) is 1. The van der Waals surface area contributed by atoms with Crippen molar-refractivity contribution in [3.63, 3.8) is 0 Å². The van der Waals surface area contributed by atoms with Crippen molar-refractivity contribution in [3.05, 3.63) is 29.8 Å². The minimum atomic E-state index is -0.325. The summed E-state index contributed by atoms with van der Waals surface area (Å²) >= 11 is 0. The van der Waals surface area contributed by atoms with Gasteiger partial charge in [0, 0.05) is 18.8 Å². The number of amides is 1. The van der Waals surface area contributed by atoms with E-state index in [2.05, 4.69) is 36.2 Å². The van der Waals surface area contributed by atoms with E-state index in [1.165, 1.54) is 5.56 Å². The first-order valence-corrected chi connectivity index (χ1v) is 7.96. The Labute approximate surface area is 127 Å². The topological polar surface area (TPSA) is 58.4 Å². The molecule has 1 saturated carbocycles. The summed E-state index contributed by atoms with van der Waals surface area (Å²) in [5.41, 5.74) is 7.57. The van der Waals surface area contributed by atoms with E-state index < -0.39 is 0 Å². The van der Waals surface area contributed by atoms with Crippen LogP contribution >= 0.6 is 0 Å². The number of hydrogen-bond donors (Lipinski definition) is 2. The number of carbonyl (C=O) groups is 1. The molecule has 21 heavy (non-hydrogen) atoms. The van der Waals surface area contributed by atoms with E-state index in [0.717, 1.165) is 44.6 Å². The van der Waals surface area contributed by atoms with Crippen LogP contribution < -0.4 is 11.1 Å². The van der Waals surface area contributed by atoms with Crippen molar-refractivity contribution in [2.75, 3.05) is 25.0 Å². The van der Waals surface area contributed by atoms with E-state index in [0.29, 0.717) is 6.54 Å². The second-order valence-corrected chi connectivity index (χ2v) is 5.95. The van der Waals surface area contributed by atoms with Gasteiger partial charge < -0.3 is 11.1 Å². The minimum absolute atomic E-state index is 0.0799. The maximum atomic E-state index is 12.4. The Bertz CT molecular complexity index is 473. The van der Waals surface area contributed by atoms with Crippen molar-refractivity contribution in [3.8, 4) is 0 Å². The van der Waals surface area contributed by atoms with Crippen LogP contribution in [0.3, 0.4) is 0 Å². The quantitative estimate of drug-likeness (QED) is 0.811. The Morgan fingerprint density at radius 1 is 1.33 bits per heavy atom. The summed E-state index contributed by atoms with van der Waals surface area (Å²) in [6.07, 6.45) is 2.93. The highest BCUT2D eigenvalue weighted by Gasteiger charge is 2.42. The van der Waals surface area contributed by atoms with Crippen LogP contribution in [0.5, 0.6) is 0 Å². The highest BCUT2D eigenvalue weighted by atomic mass is 16.2. The fraction of sp³-hybridized carbons (Fsp3) is 0.588. The zero-order valence-corrected chi connectivity index (χ0v) is 13.2. The Morgan fingerprint density at radius 2 is 2.05 bits per heavy atom. The Hall–Kier alpha value is -1.39. The summed E-state index contributed by atoms with van der Waals surface area (Å²) in [4.78, 5) is 14.7. The molecule has 0 saturated heterocycles. The van der Waals surface area contributed by atoms with Crippen molar-refractivity contribution in [2.45, 2.75) is 39.7 Å². The standard InChI is InChI=1S/C17H27N3O/c1-3-20(4-2)12-14-7-5-8-15(11-14)19-16(21)17(13-18)9-6-10-17/h5,7-8,11H,3-4,6,9-10,12-13,18H2,1-2H3,(H,19,21). The molecule has 0 aliphatic heterocycles. The second kappa shape index (κ2) is 7.05. The molecule has 4 nitrogen and oxygen atoms in total. The van der Waals surface area contributed by atoms with Gasteiger partial charge in [0.2, 0.25) is 5.91 Å². The summed E-state index contributed by atoms with van der Waals surface area (Å²) < 4.78 is 0.